The number of rotatable bonds is 7. The van der Waals surface area contributed by atoms with Gasteiger partial charge in [0.15, 0.2) is 0 Å². The van der Waals surface area contributed by atoms with Gasteiger partial charge in [-0.3, -0.25) is 4.79 Å². The fourth-order valence-corrected chi connectivity index (χ4v) is 3.83. The predicted molar refractivity (Wildman–Crippen MR) is 104 cm³/mol. The molecule has 2 unspecified atom stereocenters. The Labute approximate surface area is 153 Å². The summed E-state index contributed by atoms with van der Waals surface area (Å²) in [5, 5.41) is 6.63. The molecule has 4 N–H and O–H groups in total. The largest absolute Gasteiger partial charge is 0.353 e. The molecule has 4 nitrogen and oxygen atoms in total. The highest BCUT2D eigenvalue weighted by Gasteiger charge is 2.53. The summed E-state index contributed by atoms with van der Waals surface area (Å²) in [6.07, 6.45) is 1.57. The molecule has 1 aromatic rings. The van der Waals surface area contributed by atoms with E-state index >= 15 is 0 Å². The van der Waals surface area contributed by atoms with E-state index in [1.165, 1.54) is 5.56 Å². The molecule has 1 aromatic carbocycles. The summed E-state index contributed by atoms with van der Waals surface area (Å²) in [6, 6.07) is 8.50. The van der Waals surface area contributed by atoms with E-state index in [1.807, 2.05) is 12.1 Å². The molecule has 0 radical (unpaired) electrons. The second-order valence-corrected chi connectivity index (χ2v) is 8.65. The number of carbonyl (C=O) groups excluding carboxylic acids is 1. The van der Waals surface area contributed by atoms with Crippen molar-refractivity contribution in [3.8, 4) is 0 Å². The van der Waals surface area contributed by atoms with Gasteiger partial charge in [0.2, 0.25) is 5.91 Å². The Morgan fingerprint density at radius 2 is 1.88 bits per heavy atom. The number of hydrogen-bond donors (Lipinski definition) is 3. The van der Waals surface area contributed by atoms with Gasteiger partial charge in [-0.15, -0.1) is 0 Å². The Morgan fingerprint density at radius 3 is 2.48 bits per heavy atom. The van der Waals surface area contributed by atoms with E-state index in [0.29, 0.717) is 25.4 Å². The van der Waals surface area contributed by atoms with Gasteiger partial charge < -0.3 is 16.4 Å². The molecule has 0 aliphatic heterocycles. The molecule has 1 amide bonds. The first-order chi connectivity index (χ1) is 11.7. The first-order valence-corrected chi connectivity index (χ1v) is 9.46. The Balaban J connectivity index is 1.76. The molecule has 0 bridgehead atoms. The standard InChI is InChI=1S/C21H35N3O/c1-15-11-18(21(4,5)20(15,2)3)24-19(25)9-10-23-14-17-8-6-7-16(12-17)13-22/h6-8,12,15,18,23H,9-11,13-14,22H2,1-5H3,(H,24,25). The van der Waals surface area contributed by atoms with Gasteiger partial charge in [0, 0.05) is 32.1 Å². The number of benzene rings is 1. The summed E-state index contributed by atoms with van der Waals surface area (Å²) in [5.74, 6) is 0.756. The quantitative estimate of drug-likeness (QED) is 0.665. The molecule has 140 valence electrons. The molecule has 0 spiro atoms. The molecule has 0 heterocycles. The van der Waals surface area contributed by atoms with E-state index in [9.17, 15) is 4.79 Å². The monoisotopic (exact) mass is 345 g/mol. The molecular weight excluding hydrogens is 310 g/mol. The van der Waals surface area contributed by atoms with Gasteiger partial charge in [0.25, 0.3) is 0 Å². The molecule has 0 saturated heterocycles. The normalized spacial score (nSPS) is 24.2. The minimum atomic E-state index is 0.109. The van der Waals surface area contributed by atoms with Crippen molar-refractivity contribution in [1.29, 1.82) is 0 Å². The van der Waals surface area contributed by atoms with Gasteiger partial charge in [-0.05, 0) is 34.3 Å². The average molecular weight is 346 g/mol. The van der Waals surface area contributed by atoms with Crippen molar-refractivity contribution >= 4 is 5.91 Å². The third-order valence-corrected chi connectivity index (χ3v) is 6.77. The van der Waals surface area contributed by atoms with Crippen LogP contribution in [-0.4, -0.2) is 18.5 Å². The van der Waals surface area contributed by atoms with Crippen LogP contribution in [0.3, 0.4) is 0 Å². The van der Waals surface area contributed by atoms with E-state index in [0.717, 1.165) is 18.5 Å². The van der Waals surface area contributed by atoms with Gasteiger partial charge in [-0.25, -0.2) is 0 Å². The summed E-state index contributed by atoms with van der Waals surface area (Å²) < 4.78 is 0. The van der Waals surface area contributed by atoms with Crippen LogP contribution < -0.4 is 16.4 Å². The zero-order valence-corrected chi connectivity index (χ0v) is 16.5. The highest BCUT2D eigenvalue weighted by molar-refractivity contribution is 5.76. The van der Waals surface area contributed by atoms with Crippen LogP contribution in [0.1, 0.15) is 58.6 Å². The van der Waals surface area contributed by atoms with Crippen molar-refractivity contribution in [3.63, 3.8) is 0 Å². The Kier molecular flexibility index (Phi) is 6.28. The number of carbonyl (C=O) groups is 1. The molecule has 1 aliphatic carbocycles. The highest BCUT2D eigenvalue weighted by atomic mass is 16.1. The molecule has 1 fully saturated rings. The molecule has 2 atom stereocenters. The van der Waals surface area contributed by atoms with Gasteiger partial charge in [0.1, 0.15) is 0 Å². The second kappa shape index (κ2) is 7.88. The maximum atomic E-state index is 12.3. The Morgan fingerprint density at radius 1 is 1.20 bits per heavy atom. The summed E-state index contributed by atoms with van der Waals surface area (Å²) in [7, 11) is 0. The van der Waals surface area contributed by atoms with Crippen molar-refractivity contribution in [2.24, 2.45) is 22.5 Å². The van der Waals surface area contributed by atoms with Gasteiger partial charge in [-0.1, -0.05) is 58.9 Å². The van der Waals surface area contributed by atoms with Crippen LogP contribution in [0.25, 0.3) is 0 Å². The molecule has 25 heavy (non-hydrogen) atoms. The number of amides is 1. The smallest absolute Gasteiger partial charge is 0.221 e. The van der Waals surface area contributed by atoms with Gasteiger partial charge >= 0.3 is 0 Å². The van der Waals surface area contributed by atoms with Crippen LogP contribution in [0, 0.1) is 16.7 Å². The zero-order chi connectivity index (χ0) is 18.7. The minimum absolute atomic E-state index is 0.109. The van der Waals surface area contributed by atoms with Crippen LogP contribution in [-0.2, 0) is 17.9 Å². The fourth-order valence-electron chi connectivity index (χ4n) is 3.83. The third kappa shape index (κ3) is 4.42. The highest BCUT2D eigenvalue weighted by Crippen LogP contribution is 2.55. The van der Waals surface area contributed by atoms with Crippen molar-refractivity contribution in [2.75, 3.05) is 6.54 Å². The number of nitrogens with two attached hydrogens (primary N) is 1. The maximum absolute atomic E-state index is 12.3. The first-order valence-electron chi connectivity index (χ1n) is 9.46. The number of hydrogen-bond acceptors (Lipinski definition) is 3. The lowest BCUT2D eigenvalue weighted by Crippen LogP contribution is -2.46. The van der Waals surface area contributed by atoms with E-state index in [-0.39, 0.29) is 22.8 Å². The molecule has 1 aliphatic rings. The van der Waals surface area contributed by atoms with E-state index in [4.69, 9.17) is 5.73 Å². The van der Waals surface area contributed by atoms with Crippen LogP contribution in [0.2, 0.25) is 0 Å². The Bertz CT molecular complexity index is 595. The zero-order valence-electron chi connectivity index (χ0n) is 16.5. The molecule has 4 heteroatoms. The third-order valence-electron chi connectivity index (χ3n) is 6.77. The Hall–Kier alpha value is -1.39. The van der Waals surface area contributed by atoms with E-state index in [1.54, 1.807) is 0 Å². The lowest BCUT2D eigenvalue weighted by atomic mass is 9.66. The van der Waals surface area contributed by atoms with Gasteiger partial charge in [-0.2, -0.15) is 0 Å². The lowest BCUT2D eigenvalue weighted by Gasteiger charge is -2.41. The van der Waals surface area contributed by atoms with Crippen LogP contribution >= 0.6 is 0 Å². The fraction of sp³-hybridized carbons (Fsp3) is 0.667. The van der Waals surface area contributed by atoms with Crippen molar-refractivity contribution < 1.29 is 4.79 Å². The molecular formula is C21H35N3O. The lowest BCUT2D eigenvalue weighted by molar-refractivity contribution is -0.122. The van der Waals surface area contributed by atoms with Crippen molar-refractivity contribution in [2.45, 2.75) is 66.6 Å². The van der Waals surface area contributed by atoms with Crippen LogP contribution in [0.15, 0.2) is 24.3 Å². The van der Waals surface area contributed by atoms with Crippen LogP contribution in [0.4, 0.5) is 0 Å². The molecule has 2 rings (SSSR count). The summed E-state index contributed by atoms with van der Waals surface area (Å²) in [4.78, 5) is 12.3. The average Bonchev–Trinajstić information content (AvgIpc) is 2.71. The second-order valence-electron chi connectivity index (χ2n) is 8.65. The predicted octanol–water partition coefficient (Wildman–Crippen LogP) is 3.20. The van der Waals surface area contributed by atoms with Crippen molar-refractivity contribution in [3.05, 3.63) is 35.4 Å². The van der Waals surface area contributed by atoms with Crippen LogP contribution in [0.5, 0.6) is 0 Å². The first kappa shape index (κ1) is 19.9. The molecule has 0 aromatic heterocycles. The summed E-state index contributed by atoms with van der Waals surface area (Å²) in [6.45, 7) is 13.5. The van der Waals surface area contributed by atoms with Gasteiger partial charge in [0.05, 0.1) is 0 Å². The SMILES string of the molecule is CC1CC(NC(=O)CCNCc2cccc(CN)c2)C(C)(C)C1(C)C. The minimum Gasteiger partial charge on any atom is -0.353 e. The van der Waals surface area contributed by atoms with E-state index < -0.39 is 0 Å². The van der Waals surface area contributed by atoms with Crippen molar-refractivity contribution in [1.82, 2.24) is 10.6 Å². The maximum Gasteiger partial charge on any atom is 0.221 e. The van der Waals surface area contributed by atoms with E-state index in [2.05, 4.69) is 57.4 Å². The molecule has 1 saturated carbocycles. The summed E-state index contributed by atoms with van der Waals surface area (Å²) in [5.41, 5.74) is 8.35. The summed E-state index contributed by atoms with van der Waals surface area (Å²) >= 11 is 0. The number of nitrogens with one attached hydrogen (secondary N) is 2. The topological polar surface area (TPSA) is 67.2 Å².